The zero-order valence-electron chi connectivity index (χ0n) is 10.7. The van der Waals surface area contributed by atoms with Crippen LogP contribution in [-0.2, 0) is 0 Å². The number of carbonyl (C=O) groups is 1. The zero-order valence-corrected chi connectivity index (χ0v) is 11.5. The molecule has 3 heterocycles. The van der Waals surface area contributed by atoms with Gasteiger partial charge in [0.15, 0.2) is 5.13 Å². The Labute approximate surface area is 124 Å². The van der Waals surface area contributed by atoms with Crippen molar-refractivity contribution >= 4 is 28.4 Å². The first-order valence-electron chi connectivity index (χ1n) is 6.03. The summed E-state index contributed by atoms with van der Waals surface area (Å²) in [4.78, 5) is 28.1. The van der Waals surface area contributed by atoms with Gasteiger partial charge in [-0.3, -0.25) is 15.6 Å². The van der Waals surface area contributed by atoms with Crippen LogP contribution in [0.15, 0.2) is 48.2 Å². The minimum absolute atomic E-state index is 0.233. The van der Waals surface area contributed by atoms with Crippen LogP contribution in [0.2, 0.25) is 0 Å². The second-order valence-electron chi connectivity index (χ2n) is 3.90. The van der Waals surface area contributed by atoms with Gasteiger partial charge in [-0.15, -0.1) is 11.3 Å². The molecule has 0 spiro atoms. The lowest BCUT2D eigenvalue weighted by Crippen LogP contribution is -2.20. The van der Waals surface area contributed by atoms with E-state index in [9.17, 15) is 4.79 Å². The monoisotopic (exact) mass is 298 g/mol. The van der Waals surface area contributed by atoms with Crippen molar-refractivity contribution in [2.45, 2.75) is 0 Å². The average Bonchev–Trinajstić information content (AvgIpc) is 2.97. The fourth-order valence-corrected chi connectivity index (χ4v) is 2.26. The van der Waals surface area contributed by atoms with E-state index in [-0.39, 0.29) is 5.95 Å². The number of aromatic nitrogens is 4. The average molecular weight is 298 g/mol. The largest absolute Gasteiger partial charge is 0.327 e. The van der Waals surface area contributed by atoms with Crippen LogP contribution in [0.5, 0.6) is 0 Å². The fourth-order valence-electron chi connectivity index (χ4n) is 1.56. The van der Waals surface area contributed by atoms with Crippen molar-refractivity contribution in [3.63, 3.8) is 0 Å². The Balaban J connectivity index is 1.66. The fraction of sp³-hybridized carbons (Fsp3) is 0. The Bertz CT molecular complexity index is 731. The van der Waals surface area contributed by atoms with Gasteiger partial charge in [0, 0.05) is 24.0 Å². The van der Waals surface area contributed by atoms with Gasteiger partial charge in [-0.05, 0) is 18.2 Å². The summed E-state index contributed by atoms with van der Waals surface area (Å²) in [7, 11) is 0. The minimum atomic E-state index is -0.442. The topological polar surface area (TPSA) is 92.7 Å². The van der Waals surface area contributed by atoms with E-state index in [1.165, 1.54) is 11.3 Å². The molecule has 0 radical (unpaired) electrons. The van der Waals surface area contributed by atoms with Crippen LogP contribution in [0.25, 0.3) is 11.4 Å². The third kappa shape index (κ3) is 3.37. The summed E-state index contributed by atoms with van der Waals surface area (Å²) in [6.45, 7) is 0. The molecule has 0 saturated heterocycles. The summed E-state index contributed by atoms with van der Waals surface area (Å²) in [6.07, 6.45) is 4.79. The highest BCUT2D eigenvalue weighted by Crippen LogP contribution is 2.23. The molecule has 2 N–H and O–H groups in total. The Morgan fingerprint density at radius 2 is 1.76 bits per heavy atom. The number of pyridine rings is 1. The van der Waals surface area contributed by atoms with Gasteiger partial charge in [-0.1, -0.05) is 6.07 Å². The zero-order chi connectivity index (χ0) is 14.5. The standard InChI is InChI=1S/C13H10N6OS/c20-12(18-11-15-6-3-7-16-11)19-13-17-10(8-21-13)9-4-1-2-5-14-9/h1-8H,(H2,15,16,17,18,19,20). The van der Waals surface area contributed by atoms with Crippen LogP contribution in [0.4, 0.5) is 15.9 Å². The maximum atomic E-state index is 11.8. The molecule has 3 rings (SSSR count). The molecule has 0 bridgehead atoms. The van der Waals surface area contributed by atoms with E-state index in [1.54, 1.807) is 24.7 Å². The number of rotatable bonds is 3. The highest BCUT2D eigenvalue weighted by Gasteiger charge is 2.09. The Kier molecular flexibility index (Phi) is 3.79. The molecule has 0 aliphatic carbocycles. The van der Waals surface area contributed by atoms with Gasteiger partial charge < -0.3 is 0 Å². The van der Waals surface area contributed by atoms with Gasteiger partial charge >= 0.3 is 6.03 Å². The summed E-state index contributed by atoms with van der Waals surface area (Å²) in [5.74, 6) is 0.233. The molecular weight excluding hydrogens is 288 g/mol. The lowest BCUT2D eigenvalue weighted by atomic mass is 10.3. The van der Waals surface area contributed by atoms with Gasteiger partial charge in [0.25, 0.3) is 0 Å². The van der Waals surface area contributed by atoms with Gasteiger partial charge in [0.2, 0.25) is 5.95 Å². The number of hydrogen-bond acceptors (Lipinski definition) is 6. The second-order valence-corrected chi connectivity index (χ2v) is 4.76. The predicted octanol–water partition coefficient (Wildman–Crippen LogP) is 2.64. The van der Waals surface area contributed by atoms with E-state index in [1.807, 2.05) is 23.6 Å². The minimum Gasteiger partial charge on any atom is -0.283 e. The van der Waals surface area contributed by atoms with Crippen LogP contribution in [0.1, 0.15) is 0 Å². The highest BCUT2D eigenvalue weighted by molar-refractivity contribution is 7.14. The van der Waals surface area contributed by atoms with E-state index in [0.29, 0.717) is 10.8 Å². The molecule has 0 atom stereocenters. The van der Waals surface area contributed by atoms with Crippen LogP contribution in [0.3, 0.4) is 0 Å². The quantitative estimate of drug-likeness (QED) is 0.775. The normalized spacial score (nSPS) is 10.1. The SMILES string of the molecule is O=C(Nc1ncccn1)Nc1nc(-c2ccccn2)cs1. The van der Waals surface area contributed by atoms with Gasteiger partial charge in [-0.25, -0.2) is 19.7 Å². The summed E-state index contributed by atoms with van der Waals surface area (Å²) >= 11 is 1.32. The van der Waals surface area contributed by atoms with Crippen LogP contribution in [0, 0.1) is 0 Å². The Morgan fingerprint density at radius 3 is 2.52 bits per heavy atom. The molecule has 0 fully saturated rings. The van der Waals surface area contributed by atoms with E-state index < -0.39 is 6.03 Å². The third-order valence-corrected chi connectivity index (χ3v) is 3.20. The highest BCUT2D eigenvalue weighted by atomic mass is 32.1. The maximum Gasteiger partial charge on any atom is 0.327 e. The molecule has 0 saturated carbocycles. The third-order valence-electron chi connectivity index (χ3n) is 2.44. The van der Waals surface area contributed by atoms with Crippen LogP contribution >= 0.6 is 11.3 Å². The first-order valence-corrected chi connectivity index (χ1v) is 6.91. The van der Waals surface area contributed by atoms with E-state index in [2.05, 4.69) is 30.6 Å². The number of nitrogens with zero attached hydrogens (tertiary/aromatic N) is 4. The number of thiazole rings is 1. The van der Waals surface area contributed by atoms with Crippen molar-refractivity contribution in [3.8, 4) is 11.4 Å². The Hall–Kier alpha value is -2.87. The molecule has 7 nitrogen and oxygen atoms in total. The summed E-state index contributed by atoms with van der Waals surface area (Å²) in [5, 5.41) is 7.45. The van der Waals surface area contributed by atoms with Gasteiger partial charge in [-0.2, -0.15) is 0 Å². The number of nitrogens with one attached hydrogen (secondary N) is 2. The van der Waals surface area contributed by atoms with Crippen LogP contribution in [-0.4, -0.2) is 26.0 Å². The number of urea groups is 1. The van der Waals surface area contributed by atoms with E-state index in [0.717, 1.165) is 5.69 Å². The molecule has 0 aliphatic heterocycles. The molecule has 21 heavy (non-hydrogen) atoms. The van der Waals surface area contributed by atoms with Crippen molar-refractivity contribution in [3.05, 3.63) is 48.2 Å². The lowest BCUT2D eigenvalue weighted by Gasteiger charge is -2.02. The molecule has 3 aromatic heterocycles. The maximum absolute atomic E-state index is 11.8. The van der Waals surface area contributed by atoms with E-state index >= 15 is 0 Å². The number of hydrogen-bond donors (Lipinski definition) is 2. The summed E-state index contributed by atoms with van der Waals surface area (Å²) in [6, 6.07) is 6.80. The first-order chi connectivity index (χ1) is 10.3. The predicted molar refractivity (Wildman–Crippen MR) is 80.0 cm³/mol. The Morgan fingerprint density at radius 1 is 0.952 bits per heavy atom. The van der Waals surface area contributed by atoms with Crippen molar-refractivity contribution < 1.29 is 4.79 Å². The molecule has 8 heteroatoms. The smallest absolute Gasteiger partial charge is 0.283 e. The second kappa shape index (κ2) is 6.06. The molecular formula is C13H10N6OS. The van der Waals surface area contributed by atoms with Crippen LogP contribution < -0.4 is 10.6 Å². The number of carbonyl (C=O) groups excluding carboxylic acids is 1. The molecule has 2 amide bonds. The van der Waals surface area contributed by atoms with Crippen molar-refractivity contribution in [2.24, 2.45) is 0 Å². The number of anilines is 2. The van der Waals surface area contributed by atoms with Crippen molar-refractivity contribution in [1.82, 2.24) is 19.9 Å². The van der Waals surface area contributed by atoms with Gasteiger partial charge in [0.1, 0.15) is 5.69 Å². The van der Waals surface area contributed by atoms with E-state index in [4.69, 9.17) is 0 Å². The van der Waals surface area contributed by atoms with Crippen molar-refractivity contribution in [1.29, 1.82) is 0 Å². The molecule has 104 valence electrons. The molecule has 3 aromatic rings. The van der Waals surface area contributed by atoms with Gasteiger partial charge in [0.05, 0.1) is 5.69 Å². The summed E-state index contributed by atoms with van der Waals surface area (Å²) in [5.41, 5.74) is 1.47. The molecule has 0 unspecified atom stereocenters. The van der Waals surface area contributed by atoms with Crippen molar-refractivity contribution in [2.75, 3.05) is 10.6 Å². The number of amides is 2. The molecule has 0 aromatic carbocycles. The summed E-state index contributed by atoms with van der Waals surface area (Å²) < 4.78 is 0. The first kappa shape index (κ1) is 13.1. The molecule has 0 aliphatic rings. The lowest BCUT2D eigenvalue weighted by molar-refractivity contribution is 0.262.